The minimum absolute atomic E-state index is 0.116. The van der Waals surface area contributed by atoms with Crippen LogP contribution in [-0.4, -0.2) is 37.7 Å². The summed E-state index contributed by atoms with van der Waals surface area (Å²) in [5, 5.41) is 18.2. The van der Waals surface area contributed by atoms with E-state index in [0.29, 0.717) is 42.1 Å². The predicted molar refractivity (Wildman–Crippen MR) is 144 cm³/mol. The van der Waals surface area contributed by atoms with E-state index >= 15 is 0 Å². The Morgan fingerprint density at radius 2 is 1.77 bits per heavy atom. The average molecular weight is 560 g/mol. The summed E-state index contributed by atoms with van der Waals surface area (Å²) in [6, 6.07) is 16.7. The van der Waals surface area contributed by atoms with E-state index in [1.165, 1.54) is 17.4 Å². The number of benzene rings is 3. The van der Waals surface area contributed by atoms with Gasteiger partial charge in [0.15, 0.2) is 11.6 Å². The first-order valence-corrected chi connectivity index (χ1v) is 13.5. The molecule has 1 fully saturated rings. The van der Waals surface area contributed by atoms with Crippen LogP contribution in [0.3, 0.4) is 0 Å². The number of likely N-dealkylation sites (tertiary alicyclic amines) is 1. The lowest BCUT2D eigenvalue weighted by molar-refractivity contribution is -0.128. The van der Waals surface area contributed by atoms with Gasteiger partial charge in [-0.3, -0.25) is 4.79 Å². The van der Waals surface area contributed by atoms with Crippen LogP contribution in [0, 0.1) is 18.6 Å². The minimum Gasteiger partial charge on any atom is -0.457 e. The molecule has 5 aromatic rings. The number of rotatable bonds is 8. The number of aryl methyl sites for hydroxylation is 1. The van der Waals surface area contributed by atoms with E-state index in [9.17, 15) is 13.6 Å². The first kappa shape index (κ1) is 25.8. The Hall–Kier alpha value is -4.51. The monoisotopic (exact) mass is 559 g/mol. The molecule has 0 bridgehead atoms. The van der Waals surface area contributed by atoms with Gasteiger partial charge in [0, 0.05) is 36.2 Å². The second-order valence-electron chi connectivity index (χ2n) is 9.42. The fourth-order valence-corrected chi connectivity index (χ4v) is 5.16. The number of carbonyl (C=O) groups is 1. The van der Waals surface area contributed by atoms with Gasteiger partial charge in [0.25, 0.3) is 0 Å². The third-order valence-corrected chi connectivity index (χ3v) is 7.40. The summed E-state index contributed by atoms with van der Waals surface area (Å²) >= 11 is 1.52. The Morgan fingerprint density at radius 1 is 0.950 bits per heavy atom. The molecule has 1 aliphatic heterocycles. The highest BCUT2D eigenvalue weighted by Gasteiger charge is 2.22. The van der Waals surface area contributed by atoms with Crippen molar-refractivity contribution in [1.82, 2.24) is 25.3 Å². The zero-order valence-electron chi connectivity index (χ0n) is 21.4. The van der Waals surface area contributed by atoms with Gasteiger partial charge in [-0.15, -0.1) is 20.4 Å². The normalized spacial score (nSPS) is 13.3. The summed E-state index contributed by atoms with van der Waals surface area (Å²) < 4.78 is 39.0. The quantitative estimate of drug-likeness (QED) is 0.219. The molecule has 0 saturated carbocycles. The average Bonchev–Trinajstić information content (AvgIpc) is 3.70. The summed E-state index contributed by atoms with van der Waals surface area (Å²) in [4.78, 5) is 14.1. The Bertz CT molecular complexity index is 1690. The third-order valence-electron chi connectivity index (χ3n) is 6.51. The van der Waals surface area contributed by atoms with Crippen LogP contribution in [-0.2, 0) is 17.8 Å². The molecular weight excluding hydrogens is 536 g/mol. The first-order valence-electron chi connectivity index (χ1n) is 12.7. The van der Waals surface area contributed by atoms with Crippen LogP contribution in [0.4, 0.5) is 8.78 Å². The van der Waals surface area contributed by atoms with E-state index in [2.05, 4.69) is 20.4 Å². The number of nitrogens with zero attached hydrogens (tertiary/aromatic N) is 5. The van der Waals surface area contributed by atoms with Gasteiger partial charge in [0.1, 0.15) is 21.5 Å². The number of hydrogen-bond donors (Lipinski definition) is 0. The smallest absolute Gasteiger partial charge is 0.247 e. The van der Waals surface area contributed by atoms with Crippen molar-refractivity contribution >= 4 is 17.2 Å². The third kappa shape index (κ3) is 5.59. The fourth-order valence-electron chi connectivity index (χ4n) is 4.46. The van der Waals surface area contributed by atoms with Gasteiger partial charge < -0.3 is 14.1 Å². The standard InChI is InChI=1S/C29H23F2N5O3S/c1-17-32-35-29(40-17)19-7-9-22(10-8-19)38-25-15-20(5-6-21(25)16-36-12-2-3-27(36)37)28-34-33-26(39-28)14-18-4-11-23(30)24(31)13-18/h4-11,13,15H,2-3,12,14,16H2,1H3. The largest absolute Gasteiger partial charge is 0.457 e. The minimum atomic E-state index is -0.933. The van der Waals surface area contributed by atoms with Crippen LogP contribution in [0.2, 0.25) is 0 Å². The second kappa shape index (κ2) is 10.9. The summed E-state index contributed by atoms with van der Waals surface area (Å²) in [6.07, 6.45) is 1.54. The Labute approximate surface area is 232 Å². The summed E-state index contributed by atoms with van der Waals surface area (Å²) in [6.45, 7) is 3.03. The van der Waals surface area contributed by atoms with Crippen molar-refractivity contribution in [3.05, 3.63) is 94.3 Å². The SMILES string of the molecule is Cc1nnc(-c2ccc(Oc3cc(-c4nnc(Cc5ccc(F)c(F)c5)o4)ccc3CN3CCCC3=O)cc2)s1. The molecule has 3 aromatic carbocycles. The van der Waals surface area contributed by atoms with Gasteiger partial charge in [-0.1, -0.05) is 23.5 Å². The van der Waals surface area contributed by atoms with Gasteiger partial charge in [0.2, 0.25) is 17.7 Å². The van der Waals surface area contributed by atoms with Crippen LogP contribution in [0.5, 0.6) is 11.5 Å². The maximum atomic E-state index is 13.6. The summed E-state index contributed by atoms with van der Waals surface area (Å²) in [5.74, 6) is -0.0464. The summed E-state index contributed by atoms with van der Waals surface area (Å²) in [7, 11) is 0. The number of ether oxygens (including phenoxy) is 1. The van der Waals surface area contributed by atoms with Gasteiger partial charge >= 0.3 is 0 Å². The Kier molecular flexibility index (Phi) is 7.04. The van der Waals surface area contributed by atoms with Gasteiger partial charge in [-0.2, -0.15) is 0 Å². The Balaban J connectivity index is 1.27. The van der Waals surface area contributed by atoms with Crippen molar-refractivity contribution in [1.29, 1.82) is 0 Å². The lowest BCUT2D eigenvalue weighted by atomic mass is 10.1. The van der Waals surface area contributed by atoms with Gasteiger partial charge in [0.05, 0.1) is 6.42 Å². The first-order chi connectivity index (χ1) is 19.4. The van der Waals surface area contributed by atoms with Crippen molar-refractivity contribution in [2.24, 2.45) is 0 Å². The molecule has 0 N–H and O–H groups in total. The zero-order valence-corrected chi connectivity index (χ0v) is 22.3. The molecule has 1 saturated heterocycles. The number of carbonyl (C=O) groups excluding carboxylic acids is 1. The molecule has 0 atom stereocenters. The van der Waals surface area contributed by atoms with Crippen molar-refractivity contribution in [3.8, 4) is 33.5 Å². The maximum Gasteiger partial charge on any atom is 0.247 e. The van der Waals surface area contributed by atoms with Crippen LogP contribution in [0.15, 0.2) is 65.1 Å². The van der Waals surface area contributed by atoms with E-state index < -0.39 is 11.6 Å². The topological polar surface area (TPSA) is 94.2 Å². The van der Waals surface area contributed by atoms with Crippen molar-refractivity contribution < 1.29 is 22.7 Å². The van der Waals surface area contributed by atoms with Gasteiger partial charge in [-0.25, -0.2) is 8.78 Å². The molecule has 0 unspecified atom stereocenters. The molecule has 2 aromatic heterocycles. The molecule has 6 rings (SSSR count). The lowest BCUT2D eigenvalue weighted by Crippen LogP contribution is -2.24. The molecule has 8 nitrogen and oxygen atoms in total. The molecule has 3 heterocycles. The van der Waals surface area contributed by atoms with Crippen molar-refractivity contribution in [3.63, 3.8) is 0 Å². The molecule has 1 amide bonds. The highest BCUT2D eigenvalue weighted by atomic mass is 32.1. The van der Waals surface area contributed by atoms with Crippen molar-refractivity contribution in [2.45, 2.75) is 32.7 Å². The molecule has 0 radical (unpaired) electrons. The summed E-state index contributed by atoms with van der Waals surface area (Å²) in [5.41, 5.74) is 2.91. The van der Waals surface area contributed by atoms with Crippen LogP contribution >= 0.6 is 11.3 Å². The van der Waals surface area contributed by atoms with Crippen molar-refractivity contribution in [2.75, 3.05) is 6.54 Å². The van der Waals surface area contributed by atoms with E-state index in [-0.39, 0.29) is 24.1 Å². The zero-order chi connectivity index (χ0) is 27.6. The highest BCUT2D eigenvalue weighted by molar-refractivity contribution is 7.14. The van der Waals surface area contributed by atoms with E-state index in [1.807, 2.05) is 48.2 Å². The molecule has 40 heavy (non-hydrogen) atoms. The second-order valence-corrected chi connectivity index (χ2v) is 10.6. The van der Waals surface area contributed by atoms with Crippen LogP contribution in [0.1, 0.15) is 34.9 Å². The molecule has 0 spiro atoms. The van der Waals surface area contributed by atoms with E-state index in [0.717, 1.165) is 39.7 Å². The highest BCUT2D eigenvalue weighted by Crippen LogP contribution is 2.33. The number of aromatic nitrogens is 4. The fraction of sp³-hybridized carbons (Fsp3) is 0.207. The van der Waals surface area contributed by atoms with E-state index in [1.54, 1.807) is 6.07 Å². The predicted octanol–water partition coefficient (Wildman–Crippen LogP) is 6.35. The van der Waals surface area contributed by atoms with E-state index in [4.69, 9.17) is 9.15 Å². The lowest BCUT2D eigenvalue weighted by Gasteiger charge is -2.19. The molecule has 1 aliphatic rings. The van der Waals surface area contributed by atoms with Crippen LogP contribution < -0.4 is 4.74 Å². The number of amides is 1. The van der Waals surface area contributed by atoms with Crippen LogP contribution in [0.25, 0.3) is 22.0 Å². The molecular formula is C29H23F2N5O3S. The number of hydrogen-bond acceptors (Lipinski definition) is 8. The maximum absolute atomic E-state index is 13.6. The van der Waals surface area contributed by atoms with Gasteiger partial charge in [-0.05, 0) is 67.4 Å². The molecule has 11 heteroatoms. The molecule has 0 aliphatic carbocycles. The molecule has 202 valence electrons. The number of halogens is 2. The Morgan fingerprint density at radius 3 is 2.50 bits per heavy atom.